The number of hydrogen-bond donors (Lipinski definition) is 0. The number of rotatable bonds is 8. The Morgan fingerprint density at radius 1 is 1.03 bits per heavy atom. The Balaban J connectivity index is 1.67. The van der Waals surface area contributed by atoms with Crippen LogP contribution in [0.4, 0.5) is 22.0 Å². The highest BCUT2D eigenvalue weighted by Gasteiger charge is 2.23. The van der Waals surface area contributed by atoms with Crippen molar-refractivity contribution in [2.75, 3.05) is 6.61 Å². The van der Waals surface area contributed by atoms with E-state index in [0.29, 0.717) is 24.9 Å². The van der Waals surface area contributed by atoms with Gasteiger partial charge in [-0.1, -0.05) is 37.6 Å². The first-order valence-electron chi connectivity index (χ1n) is 10.6. The maximum atomic E-state index is 14.6. The molecule has 0 bridgehead atoms. The molecule has 0 radical (unpaired) electrons. The summed E-state index contributed by atoms with van der Waals surface area (Å²) in [5.41, 5.74) is 1.16. The molecule has 2 atom stereocenters. The Hall–Kier alpha value is -2.67. The van der Waals surface area contributed by atoms with Crippen LogP contribution in [0.15, 0.2) is 42.7 Å². The Bertz CT molecular complexity index is 940. The molecule has 1 fully saturated rings. The summed E-state index contributed by atoms with van der Waals surface area (Å²) in [6, 6.07) is 6.76. The average molecular weight is 452 g/mol. The normalized spacial score (nSPS) is 19.3. The second kappa shape index (κ2) is 11.3. The summed E-state index contributed by atoms with van der Waals surface area (Å²) in [5.74, 6) is -2.81. The zero-order valence-electron chi connectivity index (χ0n) is 17.7. The summed E-state index contributed by atoms with van der Waals surface area (Å²) in [7, 11) is 0. The van der Waals surface area contributed by atoms with Gasteiger partial charge in [0, 0.05) is 11.6 Å². The van der Waals surface area contributed by atoms with Crippen LogP contribution in [0.1, 0.15) is 55.4 Å². The summed E-state index contributed by atoms with van der Waals surface area (Å²) in [6.07, 6.45) is 4.87. The molecular formula is C25H25F5O2. The number of halogens is 5. The molecule has 1 saturated heterocycles. The van der Waals surface area contributed by atoms with Gasteiger partial charge in [-0.3, -0.25) is 0 Å². The highest BCUT2D eigenvalue weighted by atomic mass is 19.3. The Morgan fingerprint density at radius 3 is 2.38 bits per heavy atom. The first-order valence-corrected chi connectivity index (χ1v) is 10.6. The third-order valence-electron chi connectivity index (χ3n) is 5.35. The molecule has 2 nitrogen and oxygen atoms in total. The SMILES string of the molecule is CCCC1CCC(c2ccc(/C=C/c3cc(F)c(O/C=C/C(F)F)c(F)c3)c(F)c2)OC1. The van der Waals surface area contributed by atoms with Crippen molar-refractivity contribution in [1.29, 1.82) is 0 Å². The van der Waals surface area contributed by atoms with E-state index in [9.17, 15) is 22.0 Å². The maximum Gasteiger partial charge on any atom is 0.260 e. The maximum absolute atomic E-state index is 14.6. The fourth-order valence-corrected chi connectivity index (χ4v) is 3.72. The lowest BCUT2D eigenvalue weighted by molar-refractivity contribution is -0.0196. The van der Waals surface area contributed by atoms with Crippen molar-refractivity contribution in [3.05, 3.63) is 76.8 Å². The van der Waals surface area contributed by atoms with E-state index in [1.54, 1.807) is 12.1 Å². The zero-order chi connectivity index (χ0) is 23.1. The Labute approximate surface area is 184 Å². The summed E-state index contributed by atoms with van der Waals surface area (Å²) in [5, 5.41) is 0. The van der Waals surface area contributed by atoms with Crippen LogP contribution in [0.2, 0.25) is 0 Å². The molecule has 3 rings (SSSR count). The minimum atomic E-state index is -2.80. The smallest absolute Gasteiger partial charge is 0.260 e. The lowest BCUT2D eigenvalue weighted by atomic mass is 9.91. The number of hydrogen-bond acceptors (Lipinski definition) is 2. The van der Waals surface area contributed by atoms with Crippen molar-refractivity contribution in [2.24, 2.45) is 5.92 Å². The molecule has 0 saturated carbocycles. The first kappa shape index (κ1) is 24.0. The average Bonchev–Trinajstić information content (AvgIpc) is 2.75. The predicted octanol–water partition coefficient (Wildman–Crippen LogP) is 7.70. The van der Waals surface area contributed by atoms with E-state index in [0.717, 1.165) is 43.4 Å². The predicted molar refractivity (Wildman–Crippen MR) is 114 cm³/mol. The fourth-order valence-electron chi connectivity index (χ4n) is 3.72. The second-order valence-corrected chi connectivity index (χ2v) is 7.76. The van der Waals surface area contributed by atoms with Crippen LogP contribution in [0.3, 0.4) is 0 Å². The van der Waals surface area contributed by atoms with Gasteiger partial charge >= 0.3 is 0 Å². The van der Waals surface area contributed by atoms with E-state index in [1.807, 2.05) is 0 Å². The van der Waals surface area contributed by atoms with Crippen molar-refractivity contribution in [2.45, 2.75) is 45.1 Å². The summed E-state index contributed by atoms with van der Waals surface area (Å²) in [4.78, 5) is 0. The highest BCUT2D eigenvalue weighted by Crippen LogP contribution is 2.33. The van der Waals surface area contributed by atoms with Crippen LogP contribution in [0, 0.1) is 23.4 Å². The molecule has 7 heteroatoms. The molecule has 1 aliphatic heterocycles. The molecule has 0 aliphatic carbocycles. The van der Waals surface area contributed by atoms with Crippen LogP contribution >= 0.6 is 0 Å². The van der Waals surface area contributed by atoms with E-state index < -0.39 is 29.6 Å². The van der Waals surface area contributed by atoms with Crippen molar-refractivity contribution >= 4 is 12.2 Å². The molecular weight excluding hydrogens is 427 g/mol. The monoisotopic (exact) mass is 452 g/mol. The lowest BCUT2D eigenvalue weighted by Crippen LogP contribution is -2.20. The van der Waals surface area contributed by atoms with Crippen LogP contribution in [0.5, 0.6) is 5.75 Å². The van der Waals surface area contributed by atoms with Crippen LogP contribution in [-0.4, -0.2) is 13.0 Å². The van der Waals surface area contributed by atoms with Gasteiger partial charge in [0.25, 0.3) is 6.43 Å². The molecule has 0 amide bonds. The van der Waals surface area contributed by atoms with Gasteiger partial charge in [0.1, 0.15) is 5.82 Å². The van der Waals surface area contributed by atoms with Gasteiger partial charge in [-0.2, -0.15) is 0 Å². The van der Waals surface area contributed by atoms with Crippen molar-refractivity contribution in [3.8, 4) is 5.75 Å². The summed E-state index contributed by atoms with van der Waals surface area (Å²) >= 11 is 0. The molecule has 2 aromatic rings. The topological polar surface area (TPSA) is 18.5 Å². The quantitative estimate of drug-likeness (QED) is 0.232. The van der Waals surface area contributed by atoms with Crippen LogP contribution < -0.4 is 4.74 Å². The van der Waals surface area contributed by atoms with Crippen molar-refractivity contribution in [1.82, 2.24) is 0 Å². The van der Waals surface area contributed by atoms with Crippen LogP contribution in [0.25, 0.3) is 12.2 Å². The number of alkyl halides is 2. The minimum absolute atomic E-state index is 0.131. The van der Waals surface area contributed by atoms with Gasteiger partial charge in [0.2, 0.25) is 0 Å². The Morgan fingerprint density at radius 2 is 1.78 bits per heavy atom. The van der Waals surface area contributed by atoms with Crippen molar-refractivity contribution in [3.63, 3.8) is 0 Å². The summed E-state index contributed by atoms with van der Waals surface area (Å²) in [6.45, 7) is 2.82. The van der Waals surface area contributed by atoms with E-state index in [-0.39, 0.29) is 17.2 Å². The lowest BCUT2D eigenvalue weighted by Gasteiger charge is -2.29. The molecule has 2 unspecified atom stereocenters. The van der Waals surface area contributed by atoms with Gasteiger partial charge in [-0.05, 0) is 54.5 Å². The number of ether oxygens (including phenoxy) is 2. The molecule has 2 aromatic carbocycles. The number of benzene rings is 2. The number of allylic oxidation sites excluding steroid dienone is 1. The molecule has 1 heterocycles. The largest absolute Gasteiger partial charge is 0.459 e. The zero-order valence-corrected chi connectivity index (χ0v) is 17.7. The van der Waals surface area contributed by atoms with E-state index in [4.69, 9.17) is 4.74 Å². The van der Waals surface area contributed by atoms with E-state index in [1.165, 1.54) is 18.2 Å². The first-order chi connectivity index (χ1) is 15.4. The molecule has 172 valence electrons. The van der Waals surface area contributed by atoms with E-state index >= 15 is 0 Å². The standard InChI is InChI=1S/C25H25F5O2/c1-2-3-16-5-9-23(32-15-16)19-8-7-18(20(26)14-19)6-4-17-12-21(27)25(22(28)13-17)31-11-10-24(29)30/h4,6-8,10-14,16,23-24H,2-3,5,9,15H2,1H3/b6-4+,11-10+. The Kier molecular flexibility index (Phi) is 8.45. The second-order valence-electron chi connectivity index (χ2n) is 7.76. The minimum Gasteiger partial charge on any atom is -0.459 e. The highest BCUT2D eigenvalue weighted by molar-refractivity contribution is 5.70. The van der Waals surface area contributed by atoms with Gasteiger partial charge in [-0.15, -0.1) is 0 Å². The van der Waals surface area contributed by atoms with Gasteiger partial charge in [0.05, 0.1) is 19.0 Å². The van der Waals surface area contributed by atoms with Gasteiger partial charge < -0.3 is 9.47 Å². The molecule has 0 spiro atoms. The summed E-state index contributed by atoms with van der Waals surface area (Å²) < 4.78 is 77.4. The van der Waals surface area contributed by atoms with Crippen LogP contribution in [-0.2, 0) is 4.74 Å². The van der Waals surface area contributed by atoms with E-state index in [2.05, 4.69) is 11.7 Å². The van der Waals surface area contributed by atoms with Gasteiger partial charge in [0.15, 0.2) is 17.4 Å². The third-order valence-corrected chi connectivity index (χ3v) is 5.35. The van der Waals surface area contributed by atoms with Gasteiger partial charge in [-0.25, -0.2) is 22.0 Å². The van der Waals surface area contributed by atoms with Crippen molar-refractivity contribution < 1.29 is 31.4 Å². The third kappa shape index (κ3) is 6.42. The molecule has 0 N–H and O–H groups in total. The molecule has 0 aromatic heterocycles. The molecule has 1 aliphatic rings. The molecule has 32 heavy (non-hydrogen) atoms. The fraction of sp³-hybridized carbons (Fsp3) is 0.360.